The molecule has 12 heteroatoms. The van der Waals surface area contributed by atoms with Crippen molar-refractivity contribution in [1.82, 2.24) is 20.3 Å². The molecule has 0 unspecified atom stereocenters. The molecule has 4 rings (SSSR count). The van der Waals surface area contributed by atoms with Crippen molar-refractivity contribution in [2.75, 3.05) is 18.7 Å². The molecule has 1 heterocycles. The normalized spacial score (nSPS) is 20.1. The van der Waals surface area contributed by atoms with Crippen molar-refractivity contribution < 1.29 is 23.1 Å². The van der Waals surface area contributed by atoms with E-state index >= 15 is 0 Å². The van der Waals surface area contributed by atoms with Crippen LogP contribution in [0.3, 0.4) is 0 Å². The van der Waals surface area contributed by atoms with Gasteiger partial charge in [-0.3, -0.25) is 24.9 Å². The van der Waals surface area contributed by atoms with Gasteiger partial charge < -0.3 is 4.74 Å². The van der Waals surface area contributed by atoms with Gasteiger partial charge in [0.2, 0.25) is 5.82 Å². The molecular weight excluding hydrogens is 638 g/mol. The summed E-state index contributed by atoms with van der Waals surface area (Å²) in [6.07, 6.45) is 10.9. The maximum Gasteiger partial charge on any atom is 0.302 e. The van der Waals surface area contributed by atoms with Gasteiger partial charge in [-0.15, -0.1) is 0 Å². The summed E-state index contributed by atoms with van der Waals surface area (Å²) in [7, 11) is 2.19. The van der Waals surface area contributed by atoms with Gasteiger partial charge in [-0.2, -0.15) is 19.0 Å². The van der Waals surface area contributed by atoms with Crippen LogP contribution in [0, 0.1) is 16.7 Å². The largest absolute Gasteiger partial charge is 0.375 e. The Balaban J connectivity index is 0.000000804. The zero-order chi connectivity index (χ0) is 35.7. The van der Waals surface area contributed by atoms with E-state index in [0.717, 1.165) is 77.9 Å². The molecule has 9 nitrogen and oxygen atoms in total. The molecule has 2 aliphatic carbocycles. The topological polar surface area (TPSA) is 111 Å². The third-order valence-corrected chi connectivity index (χ3v) is 9.90. The number of Topliss-reactive ketones (excluding diaryl/α,β-unsaturated/α-hetero) is 1. The fraction of sp³-hybridized carbons (Fsp3) is 0.639. The van der Waals surface area contributed by atoms with E-state index < -0.39 is 11.7 Å². The van der Waals surface area contributed by atoms with E-state index in [1.807, 2.05) is 30.3 Å². The minimum Gasteiger partial charge on any atom is -0.375 e. The molecule has 2 fully saturated rings. The van der Waals surface area contributed by atoms with Gasteiger partial charge in [0.15, 0.2) is 11.6 Å². The molecule has 1 N–H and O–H groups in total. The SMILES string of the molecule is CC(=O)C(C)(F)F.CCC(C)(C)COC1(C)CCC(N(C)Cc2ccc(C(=O)NN(c3nc(C#N)ncc3Cl)C3CCCC3)cc2)CC1. The van der Waals surface area contributed by atoms with Crippen LogP contribution in [0.4, 0.5) is 14.6 Å². The highest BCUT2D eigenvalue weighted by molar-refractivity contribution is 6.32. The zero-order valence-corrected chi connectivity index (χ0v) is 30.2. The molecule has 0 aliphatic heterocycles. The van der Waals surface area contributed by atoms with Crippen molar-refractivity contribution in [3.05, 3.63) is 52.4 Å². The number of aromatic nitrogens is 2. The van der Waals surface area contributed by atoms with Crippen molar-refractivity contribution in [1.29, 1.82) is 5.26 Å². The summed E-state index contributed by atoms with van der Waals surface area (Å²) in [6, 6.07) is 10.3. The average molecular weight is 689 g/mol. The zero-order valence-electron chi connectivity index (χ0n) is 29.4. The summed E-state index contributed by atoms with van der Waals surface area (Å²) in [4.78, 5) is 33.7. The number of carbonyl (C=O) groups is 2. The molecule has 2 saturated carbocycles. The Morgan fingerprint density at radius 2 is 1.69 bits per heavy atom. The maximum absolute atomic E-state index is 13.3. The monoisotopic (exact) mass is 688 g/mol. The lowest BCUT2D eigenvalue weighted by molar-refractivity contribution is -0.138. The van der Waals surface area contributed by atoms with Crippen LogP contribution in [-0.4, -0.2) is 63.8 Å². The van der Waals surface area contributed by atoms with Gasteiger partial charge in [-0.1, -0.05) is 57.3 Å². The Bertz CT molecular complexity index is 1410. The molecule has 1 aromatic carbocycles. The highest BCUT2D eigenvalue weighted by Crippen LogP contribution is 2.36. The van der Waals surface area contributed by atoms with Gasteiger partial charge >= 0.3 is 5.92 Å². The Labute approximate surface area is 289 Å². The van der Waals surface area contributed by atoms with Gasteiger partial charge in [0.1, 0.15) is 11.1 Å². The van der Waals surface area contributed by atoms with Crippen molar-refractivity contribution in [3.8, 4) is 6.07 Å². The van der Waals surface area contributed by atoms with E-state index in [4.69, 9.17) is 16.3 Å². The third-order valence-electron chi connectivity index (χ3n) is 9.64. The van der Waals surface area contributed by atoms with Gasteiger partial charge in [-0.25, -0.2) is 4.98 Å². The Morgan fingerprint density at radius 1 is 1.10 bits per heavy atom. The smallest absolute Gasteiger partial charge is 0.302 e. The standard InChI is InChI=1S/C32H45ClN6O2.C4H6F2O/c1-6-31(2,3)22-41-32(4)17-15-25(16-18-32)38(5)21-23-11-13-24(14-12-23)30(40)37-39(26-9-7-8-10-26)29-27(33)20-35-28(19-34)36-29;1-3(7)4(2,5)6/h11-14,20,25-26H,6-10,15-18,21-22H2,1-5H3,(H,37,40);1-2H3. The second-order valence-electron chi connectivity index (χ2n) is 14.3. The number of nitrogens with zero attached hydrogens (tertiary/aromatic N) is 5. The van der Waals surface area contributed by atoms with Crippen LogP contribution >= 0.6 is 11.6 Å². The molecule has 0 bridgehead atoms. The molecule has 2 aromatic rings. The van der Waals surface area contributed by atoms with E-state index in [-0.39, 0.29) is 28.8 Å². The van der Waals surface area contributed by atoms with E-state index in [1.54, 1.807) is 5.01 Å². The van der Waals surface area contributed by atoms with Crippen molar-refractivity contribution in [2.45, 2.75) is 129 Å². The van der Waals surface area contributed by atoms with Crippen LogP contribution in [0.2, 0.25) is 5.02 Å². The molecule has 0 spiro atoms. The molecule has 0 atom stereocenters. The Kier molecular flexibility index (Phi) is 13.9. The number of nitrogens with one attached hydrogen (secondary N) is 1. The van der Waals surface area contributed by atoms with E-state index in [0.29, 0.717) is 29.4 Å². The number of hydrogen-bond acceptors (Lipinski definition) is 8. The molecule has 48 heavy (non-hydrogen) atoms. The number of hydrogen-bond donors (Lipinski definition) is 1. The summed E-state index contributed by atoms with van der Waals surface area (Å²) in [6.45, 7) is 12.1. The number of rotatable bonds is 12. The number of amides is 1. The molecule has 0 saturated heterocycles. The van der Waals surface area contributed by atoms with Crippen LogP contribution < -0.4 is 10.4 Å². The van der Waals surface area contributed by atoms with Crippen LogP contribution in [0.25, 0.3) is 0 Å². The van der Waals surface area contributed by atoms with Gasteiger partial charge in [0.25, 0.3) is 5.91 Å². The maximum atomic E-state index is 13.3. The first-order chi connectivity index (χ1) is 22.5. The Hall–Kier alpha value is -3.20. The number of hydrazine groups is 1. The van der Waals surface area contributed by atoms with E-state index in [2.05, 4.69) is 55.0 Å². The second kappa shape index (κ2) is 17.0. The number of carbonyl (C=O) groups excluding carboxylic acids is 2. The molecular formula is C36H51ClF2N6O3. The first kappa shape index (κ1) is 39.2. The fourth-order valence-electron chi connectivity index (χ4n) is 5.68. The summed E-state index contributed by atoms with van der Waals surface area (Å²) < 4.78 is 29.4. The Morgan fingerprint density at radius 3 is 2.21 bits per heavy atom. The number of anilines is 1. The van der Waals surface area contributed by atoms with Crippen molar-refractivity contribution in [2.24, 2.45) is 5.41 Å². The minimum atomic E-state index is -3.14. The number of nitriles is 1. The van der Waals surface area contributed by atoms with Crippen molar-refractivity contribution in [3.63, 3.8) is 0 Å². The van der Waals surface area contributed by atoms with E-state index in [9.17, 15) is 23.6 Å². The van der Waals surface area contributed by atoms with Gasteiger partial charge in [-0.05, 0) is 82.0 Å². The van der Waals surface area contributed by atoms with Gasteiger partial charge in [0.05, 0.1) is 24.4 Å². The average Bonchev–Trinajstić information content (AvgIpc) is 3.59. The van der Waals surface area contributed by atoms with Crippen LogP contribution in [0.15, 0.2) is 30.5 Å². The lowest BCUT2D eigenvalue weighted by atomic mass is 9.82. The number of halogens is 3. The number of ketones is 1. The lowest BCUT2D eigenvalue weighted by Gasteiger charge is -2.42. The highest BCUT2D eigenvalue weighted by atomic mass is 35.5. The third kappa shape index (κ3) is 11.5. The first-order valence-corrected chi connectivity index (χ1v) is 17.2. The van der Waals surface area contributed by atoms with Crippen molar-refractivity contribution >= 4 is 29.1 Å². The van der Waals surface area contributed by atoms with E-state index in [1.165, 1.54) is 11.8 Å². The molecule has 0 radical (unpaired) electrons. The highest BCUT2D eigenvalue weighted by Gasteiger charge is 2.35. The summed E-state index contributed by atoms with van der Waals surface area (Å²) in [5.74, 6) is -4.08. The summed E-state index contributed by atoms with van der Waals surface area (Å²) in [5, 5.41) is 11.3. The molecule has 1 amide bonds. The van der Waals surface area contributed by atoms with Crippen LogP contribution in [0.5, 0.6) is 0 Å². The fourth-order valence-corrected chi connectivity index (χ4v) is 5.87. The number of ether oxygens (including phenoxy) is 1. The minimum absolute atomic E-state index is 0.0191. The lowest BCUT2D eigenvalue weighted by Crippen LogP contribution is -2.48. The summed E-state index contributed by atoms with van der Waals surface area (Å²) >= 11 is 6.41. The van der Waals surface area contributed by atoms with Gasteiger partial charge in [0, 0.05) is 32.0 Å². The molecule has 2 aliphatic rings. The van der Waals surface area contributed by atoms with Crippen LogP contribution in [-0.2, 0) is 16.1 Å². The number of benzene rings is 1. The number of alkyl halides is 2. The molecule has 1 aromatic heterocycles. The molecule has 264 valence electrons. The van der Waals surface area contributed by atoms with Crippen LogP contribution in [0.1, 0.15) is 121 Å². The predicted octanol–water partition coefficient (Wildman–Crippen LogP) is 7.91. The quantitative estimate of drug-likeness (QED) is 0.224. The second-order valence-corrected chi connectivity index (χ2v) is 14.7. The predicted molar refractivity (Wildman–Crippen MR) is 184 cm³/mol. The summed E-state index contributed by atoms with van der Waals surface area (Å²) in [5.41, 5.74) is 4.94. The first-order valence-electron chi connectivity index (χ1n) is 16.8.